The molecule has 1 fully saturated rings. The number of carboxylic acids is 1. The third kappa shape index (κ3) is 10.8. The van der Waals surface area contributed by atoms with Gasteiger partial charge < -0.3 is 19.3 Å². The highest BCUT2D eigenvalue weighted by Gasteiger charge is 2.38. The Morgan fingerprint density at radius 1 is 1.04 bits per heavy atom. The molecule has 13 heteroatoms. The number of aromatic nitrogens is 3. The zero-order valence-corrected chi connectivity index (χ0v) is 25.9. The summed E-state index contributed by atoms with van der Waals surface area (Å²) in [5.41, 5.74) is 3.68. The van der Waals surface area contributed by atoms with Crippen LogP contribution in [0.5, 0.6) is 5.75 Å². The highest BCUT2D eigenvalue weighted by atomic mass is 32.2. The number of carboxylic acid groups (broad SMARTS) is 1. The standard InChI is InChI=1S/C30H35N5O2S.C2HF3O2/c1-22(2)29-33-30(37-34-29)35-19-14-24(15-20-35)21-36-27-7-3-25(4-8-27)26-5-9-28(10-6-26)38-32-18-13-23-11-16-31-17-12-23;3-2(4,5)1(6)7/h3-12,16-17,22,24,32H,13-15,18-21H2,1-2H3;(H,6,7). The van der Waals surface area contributed by atoms with E-state index in [-0.39, 0.29) is 5.92 Å². The van der Waals surface area contributed by atoms with Gasteiger partial charge in [-0.2, -0.15) is 18.2 Å². The molecule has 0 saturated carbocycles. The van der Waals surface area contributed by atoms with Crippen molar-refractivity contribution in [1.82, 2.24) is 19.8 Å². The maximum Gasteiger partial charge on any atom is 0.490 e. The average Bonchev–Trinajstić information content (AvgIpc) is 3.55. The number of ether oxygens (including phenoxy) is 1. The molecule has 5 rings (SSSR count). The van der Waals surface area contributed by atoms with Crippen molar-refractivity contribution in [3.63, 3.8) is 0 Å². The van der Waals surface area contributed by atoms with Crippen LogP contribution in [-0.4, -0.2) is 58.6 Å². The summed E-state index contributed by atoms with van der Waals surface area (Å²) < 4.78 is 46.8. The van der Waals surface area contributed by atoms with E-state index in [4.69, 9.17) is 19.2 Å². The van der Waals surface area contributed by atoms with Gasteiger partial charge in [-0.1, -0.05) is 43.3 Å². The second-order valence-electron chi connectivity index (χ2n) is 10.8. The van der Waals surface area contributed by atoms with Crippen molar-refractivity contribution in [2.75, 3.05) is 31.1 Å². The van der Waals surface area contributed by atoms with Crippen molar-refractivity contribution in [3.05, 3.63) is 84.4 Å². The van der Waals surface area contributed by atoms with Crippen LogP contribution in [0.25, 0.3) is 11.1 Å². The minimum Gasteiger partial charge on any atom is -0.493 e. The number of anilines is 1. The molecule has 1 saturated heterocycles. The van der Waals surface area contributed by atoms with E-state index in [9.17, 15) is 13.2 Å². The van der Waals surface area contributed by atoms with Crippen LogP contribution in [-0.2, 0) is 11.2 Å². The summed E-state index contributed by atoms with van der Waals surface area (Å²) in [6.07, 6.45) is 1.69. The lowest BCUT2D eigenvalue weighted by atomic mass is 9.98. The number of carbonyl (C=O) groups is 1. The van der Waals surface area contributed by atoms with E-state index in [2.05, 4.69) is 99.3 Å². The first-order chi connectivity index (χ1) is 21.6. The van der Waals surface area contributed by atoms with Gasteiger partial charge in [0, 0.05) is 42.8 Å². The number of nitrogens with zero attached hydrogens (tertiary/aromatic N) is 4. The van der Waals surface area contributed by atoms with E-state index in [0.717, 1.165) is 57.1 Å². The topological polar surface area (TPSA) is 114 Å². The molecule has 0 aliphatic carbocycles. The van der Waals surface area contributed by atoms with Gasteiger partial charge in [0.25, 0.3) is 0 Å². The lowest BCUT2D eigenvalue weighted by Crippen LogP contribution is -2.35. The summed E-state index contributed by atoms with van der Waals surface area (Å²) in [5.74, 6) is -0.262. The number of aliphatic carboxylic acids is 1. The largest absolute Gasteiger partial charge is 0.493 e. The number of halogens is 3. The Morgan fingerprint density at radius 2 is 1.64 bits per heavy atom. The van der Waals surface area contributed by atoms with Crippen LogP contribution in [0.3, 0.4) is 0 Å². The summed E-state index contributed by atoms with van der Waals surface area (Å²) in [6, 6.07) is 21.8. The first kappa shape index (κ1) is 33.8. The Kier molecular flexibility index (Phi) is 12.2. The monoisotopic (exact) mass is 643 g/mol. The van der Waals surface area contributed by atoms with Crippen molar-refractivity contribution in [1.29, 1.82) is 0 Å². The van der Waals surface area contributed by atoms with Gasteiger partial charge in [-0.05, 0) is 90.2 Å². The van der Waals surface area contributed by atoms with E-state index in [1.54, 1.807) is 11.9 Å². The van der Waals surface area contributed by atoms with E-state index >= 15 is 0 Å². The van der Waals surface area contributed by atoms with Gasteiger partial charge in [0.1, 0.15) is 5.75 Å². The number of piperidine rings is 1. The normalized spacial score (nSPS) is 13.8. The molecule has 45 heavy (non-hydrogen) atoms. The maximum absolute atomic E-state index is 10.6. The summed E-state index contributed by atoms with van der Waals surface area (Å²) >= 11 is 1.67. The van der Waals surface area contributed by atoms with Crippen LogP contribution in [0.15, 0.2) is 82.5 Å². The molecule has 1 aliphatic rings. The molecule has 4 aromatic rings. The molecule has 0 spiro atoms. The highest BCUT2D eigenvalue weighted by molar-refractivity contribution is 7.97. The first-order valence-electron chi connectivity index (χ1n) is 14.6. The molecule has 9 nitrogen and oxygen atoms in total. The third-order valence-corrected chi connectivity index (χ3v) is 7.91. The Bertz CT molecular complexity index is 1460. The molecule has 0 radical (unpaired) electrons. The summed E-state index contributed by atoms with van der Waals surface area (Å²) in [7, 11) is 0. The predicted molar refractivity (Wildman–Crippen MR) is 166 cm³/mol. The Hall–Kier alpha value is -4.10. The van der Waals surface area contributed by atoms with Crippen molar-refractivity contribution in [3.8, 4) is 16.9 Å². The van der Waals surface area contributed by atoms with E-state index in [1.807, 2.05) is 12.4 Å². The van der Waals surface area contributed by atoms with Crippen molar-refractivity contribution < 1.29 is 32.3 Å². The number of benzene rings is 2. The van der Waals surface area contributed by atoms with Gasteiger partial charge >= 0.3 is 18.2 Å². The SMILES string of the molecule is CC(C)c1noc(N2CCC(COc3ccc(-c4ccc(SNCCc5ccncc5)cc4)cc3)CC2)n1.O=C(O)C(F)(F)F. The fourth-order valence-electron chi connectivity index (χ4n) is 4.43. The molecule has 2 N–H and O–H groups in total. The second-order valence-corrected chi connectivity index (χ2v) is 11.7. The van der Waals surface area contributed by atoms with Crippen LogP contribution in [0.2, 0.25) is 0 Å². The molecule has 2 aromatic carbocycles. The van der Waals surface area contributed by atoms with E-state index in [0.29, 0.717) is 11.9 Å². The lowest BCUT2D eigenvalue weighted by Gasteiger charge is -2.30. The fraction of sp³-hybridized carbons (Fsp3) is 0.375. The van der Waals surface area contributed by atoms with Gasteiger partial charge in [-0.3, -0.25) is 9.71 Å². The Labute approximate surface area is 264 Å². The second kappa shape index (κ2) is 16.3. The molecule has 240 valence electrons. The smallest absolute Gasteiger partial charge is 0.490 e. The zero-order chi connectivity index (χ0) is 32.2. The van der Waals surface area contributed by atoms with Crippen molar-refractivity contribution in [2.24, 2.45) is 5.92 Å². The molecule has 0 amide bonds. The van der Waals surface area contributed by atoms with E-state index < -0.39 is 12.1 Å². The predicted octanol–water partition coefficient (Wildman–Crippen LogP) is 7.02. The van der Waals surface area contributed by atoms with Gasteiger partial charge in [0.2, 0.25) is 0 Å². The van der Waals surface area contributed by atoms with Crippen LogP contribution >= 0.6 is 11.9 Å². The van der Waals surface area contributed by atoms with Crippen LogP contribution < -0.4 is 14.4 Å². The molecule has 0 unspecified atom stereocenters. The fourth-order valence-corrected chi connectivity index (χ4v) is 5.08. The third-order valence-electron chi connectivity index (χ3n) is 7.06. The van der Waals surface area contributed by atoms with Gasteiger partial charge in [-0.25, -0.2) is 4.79 Å². The van der Waals surface area contributed by atoms with Crippen molar-refractivity contribution >= 4 is 23.9 Å². The molecule has 0 atom stereocenters. The Morgan fingerprint density at radius 3 is 2.20 bits per heavy atom. The number of alkyl halides is 3. The first-order valence-corrected chi connectivity index (χ1v) is 15.4. The zero-order valence-electron chi connectivity index (χ0n) is 25.0. The molecule has 3 heterocycles. The maximum atomic E-state index is 10.6. The molecule has 1 aliphatic heterocycles. The van der Waals surface area contributed by atoms with E-state index in [1.165, 1.54) is 21.6 Å². The Balaban J connectivity index is 0.000000591. The molecule has 2 aromatic heterocycles. The quantitative estimate of drug-likeness (QED) is 0.131. The van der Waals surface area contributed by atoms with Crippen LogP contribution in [0.4, 0.5) is 19.2 Å². The molecule has 0 bridgehead atoms. The number of pyridine rings is 1. The minimum absolute atomic E-state index is 0.277. The minimum atomic E-state index is -5.08. The number of nitrogens with one attached hydrogen (secondary N) is 1. The van der Waals surface area contributed by atoms with Crippen LogP contribution in [0, 0.1) is 5.92 Å². The van der Waals surface area contributed by atoms with Gasteiger partial charge in [0.05, 0.1) is 6.61 Å². The highest BCUT2D eigenvalue weighted by Crippen LogP contribution is 2.27. The van der Waals surface area contributed by atoms with Gasteiger partial charge in [-0.15, -0.1) is 0 Å². The number of rotatable bonds is 11. The lowest BCUT2D eigenvalue weighted by molar-refractivity contribution is -0.192. The summed E-state index contributed by atoms with van der Waals surface area (Å²) in [5, 5.41) is 11.2. The summed E-state index contributed by atoms with van der Waals surface area (Å²) in [6.45, 7) is 7.63. The average molecular weight is 644 g/mol. The number of hydrogen-bond donors (Lipinski definition) is 2. The number of hydrogen-bond acceptors (Lipinski definition) is 9. The van der Waals surface area contributed by atoms with Crippen molar-refractivity contribution in [2.45, 2.75) is 50.1 Å². The van der Waals surface area contributed by atoms with Crippen LogP contribution in [0.1, 0.15) is 44.0 Å². The molecular weight excluding hydrogens is 607 g/mol. The van der Waals surface area contributed by atoms with Gasteiger partial charge in [0.15, 0.2) is 5.82 Å². The summed E-state index contributed by atoms with van der Waals surface area (Å²) in [4.78, 5) is 20.9. The molecular formula is C32H36F3N5O4S.